The molecule has 0 aliphatic carbocycles. The van der Waals surface area contributed by atoms with Crippen molar-refractivity contribution < 1.29 is 9.21 Å². The Labute approximate surface area is 176 Å². The third-order valence-corrected chi connectivity index (χ3v) is 4.86. The molecule has 0 atom stereocenters. The van der Waals surface area contributed by atoms with Crippen LogP contribution in [0.25, 0.3) is 17.4 Å². The standard InChI is InChI=1S/C21H13Cl3N2O2/c1-12-2-4-15(10-18(12)23)26-21(27)13(11-25)8-16-5-7-20(28-16)17-6-3-14(22)9-19(17)24/h2-10H,1H3,(H,26,27). The molecule has 0 aliphatic rings. The van der Waals surface area contributed by atoms with E-state index in [0.717, 1.165) is 5.56 Å². The van der Waals surface area contributed by atoms with E-state index in [-0.39, 0.29) is 5.57 Å². The van der Waals surface area contributed by atoms with E-state index in [1.54, 1.807) is 48.5 Å². The molecule has 1 aromatic heterocycles. The van der Waals surface area contributed by atoms with Gasteiger partial charge in [-0.3, -0.25) is 4.79 Å². The summed E-state index contributed by atoms with van der Waals surface area (Å²) in [5.74, 6) is 0.274. The van der Waals surface area contributed by atoms with E-state index in [2.05, 4.69) is 5.32 Å². The number of nitrogens with one attached hydrogen (secondary N) is 1. The fraction of sp³-hybridized carbons (Fsp3) is 0.0476. The number of hydrogen-bond acceptors (Lipinski definition) is 3. The van der Waals surface area contributed by atoms with Gasteiger partial charge in [0.05, 0.1) is 5.02 Å². The van der Waals surface area contributed by atoms with Crippen LogP contribution >= 0.6 is 34.8 Å². The van der Waals surface area contributed by atoms with E-state index in [1.807, 2.05) is 13.0 Å². The number of carbonyl (C=O) groups is 1. The smallest absolute Gasteiger partial charge is 0.266 e. The van der Waals surface area contributed by atoms with Crippen LogP contribution in [0.4, 0.5) is 5.69 Å². The van der Waals surface area contributed by atoms with Gasteiger partial charge in [0, 0.05) is 27.4 Å². The largest absolute Gasteiger partial charge is 0.457 e. The highest BCUT2D eigenvalue weighted by atomic mass is 35.5. The average Bonchev–Trinajstić information content (AvgIpc) is 3.11. The quantitative estimate of drug-likeness (QED) is 0.366. The number of furan rings is 1. The Balaban J connectivity index is 1.82. The zero-order valence-electron chi connectivity index (χ0n) is 14.6. The number of benzene rings is 2. The van der Waals surface area contributed by atoms with Crippen molar-refractivity contribution in [1.82, 2.24) is 0 Å². The van der Waals surface area contributed by atoms with E-state index in [1.165, 1.54) is 6.08 Å². The number of aryl methyl sites for hydroxylation is 1. The van der Waals surface area contributed by atoms with Gasteiger partial charge in [0.1, 0.15) is 23.2 Å². The number of rotatable bonds is 4. The van der Waals surface area contributed by atoms with Crippen molar-refractivity contribution in [3.05, 3.63) is 80.5 Å². The lowest BCUT2D eigenvalue weighted by Crippen LogP contribution is -2.13. The average molecular weight is 432 g/mol. The topological polar surface area (TPSA) is 66.0 Å². The molecule has 0 spiro atoms. The molecule has 4 nitrogen and oxygen atoms in total. The molecule has 0 bridgehead atoms. The summed E-state index contributed by atoms with van der Waals surface area (Å²) in [6.07, 6.45) is 1.36. The normalized spacial score (nSPS) is 11.2. The second-order valence-corrected chi connectivity index (χ2v) is 7.16. The first-order chi connectivity index (χ1) is 13.4. The Morgan fingerprint density at radius 3 is 2.54 bits per heavy atom. The molecule has 0 aliphatic heterocycles. The molecule has 0 unspecified atom stereocenters. The van der Waals surface area contributed by atoms with Crippen LogP contribution in [0, 0.1) is 18.3 Å². The van der Waals surface area contributed by atoms with Gasteiger partial charge in [0.15, 0.2) is 0 Å². The summed E-state index contributed by atoms with van der Waals surface area (Å²) in [5, 5.41) is 13.5. The van der Waals surface area contributed by atoms with Crippen LogP contribution in [-0.4, -0.2) is 5.91 Å². The SMILES string of the molecule is Cc1ccc(NC(=O)C(C#N)=Cc2ccc(-c3ccc(Cl)cc3Cl)o2)cc1Cl. The summed E-state index contributed by atoms with van der Waals surface area (Å²) in [4.78, 5) is 12.4. The van der Waals surface area contributed by atoms with Crippen molar-refractivity contribution >= 4 is 52.5 Å². The van der Waals surface area contributed by atoms with Gasteiger partial charge in [-0.25, -0.2) is 0 Å². The Morgan fingerprint density at radius 2 is 1.86 bits per heavy atom. The number of halogens is 3. The second-order valence-electron chi connectivity index (χ2n) is 5.91. The van der Waals surface area contributed by atoms with E-state index in [0.29, 0.717) is 37.8 Å². The predicted octanol–water partition coefficient (Wildman–Crippen LogP) is 6.76. The van der Waals surface area contributed by atoms with Crippen molar-refractivity contribution in [2.45, 2.75) is 6.92 Å². The number of nitriles is 1. The van der Waals surface area contributed by atoms with E-state index in [9.17, 15) is 10.1 Å². The van der Waals surface area contributed by atoms with Crippen LogP contribution in [0.5, 0.6) is 0 Å². The second kappa shape index (κ2) is 8.53. The molecule has 0 saturated carbocycles. The number of hydrogen-bond donors (Lipinski definition) is 1. The number of carbonyl (C=O) groups excluding carboxylic acids is 1. The van der Waals surface area contributed by atoms with Gasteiger partial charge in [0.25, 0.3) is 5.91 Å². The van der Waals surface area contributed by atoms with Gasteiger partial charge >= 0.3 is 0 Å². The van der Waals surface area contributed by atoms with Crippen molar-refractivity contribution in [1.29, 1.82) is 5.26 Å². The van der Waals surface area contributed by atoms with Crippen molar-refractivity contribution in [2.75, 3.05) is 5.32 Å². The first kappa shape index (κ1) is 20.0. The summed E-state index contributed by atoms with van der Waals surface area (Å²) in [6.45, 7) is 1.86. The summed E-state index contributed by atoms with van der Waals surface area (Å²) >= 11 is 18.1. The van der Waals surface area contributed by atoms with Crippen molar-refractivity contribution in [2.24, 2.45) is 0 Å². The number of anilines is 1. The summed E-state index contributed by atoms with van der Waals surface area (Å²) in [7, 11) is 0. The maximum absolute atomic E-state index is 12.4. The first-order valence-electron chi connectivity index (χ1n) is 8.12. The fourth-order valence-corrected chi connectivity index (χ4v) is 3.11. The molecule has 1 amide bonds. The number of nitrogens with zero attached hydrogens (tertiary/aromatic N) is 1. The van der Waals surface area contributed by atoms with Crippen molar-refractivity contribution in [3.8, 4) is 17.4 Å². The Morgan fingerprint density at radius 1 is 1.07 bits per heavy atom. The minimum Gasteiger partial charge on any atom is -0.457 e. The summed E-state index contributed by atoms with van der Waals surface area (Å²) < 4.78 is 5.70. The van der Waals surface area contributed by atoms with Gasteiger partial charge in [0.2, 0.25) is 0 Å². The minimum atomic E-state index is -0.565. The zero-order chi connectivity index (χ0) is 20.3. The van der Waals surface area contributed by atoms with Gasteiger partial charge in [-0.15, -0.1) is 0 Å². The molecule has 0 radical (unpaired) electrons. The molecular weight excluding hydrogens is 419 g/mol. The van der Waals surface area contributed by atoms with Crippen molar-refractivity contribution in [3.63, 3.8) is 0 Å². The lowest BCUT2D eigenvalue weighted by atomic mass is 10.2. The van der Waals surface area contributed by atoms with Gasteiger partial charge in [-0.05, 0) is 55.0 Å². The van der Waals surface area contributed by atoms with Crippen LogP contribution < -0.4 is 5.32 Å². The lowest BCUT2D eigenvalue weighted by molar-refractivity contribution is -0.112. The van der Waals surface area contributed by atoms with E-state index < -0.39 is 5.91 Å². The third kappa shape index (κ3) is 4.58. The molecule has 28 heavy (non-hydrogen) atoms. The lowest BCUT2D eigenvalue weighted by Gasteiger charge is -2.06. The first-order valence-corrected chi connectivity index (χ1v) is 9.25. The van der Waals surface area contributed by atoms with Gasteiger partial charge < -0.3 is 9.73 Å². The highest BCUT2D eigenvalue weighted by molar-refractivity contribution is 6.36. The molecule has 2 aromatic carbocycles. The van der Waals surface area contributed by atoms with E-state index >= 15 is 0 Å². The highest BCUT2D eigenvalue weighted by Gasteiger charge is 2.13. The van der Waals surface area contributed by atoms with Crippen LogP contribution in [0.1, 0.15) is 11.3 Å². The monoisotopic (exact) mass is 430 g/mol. The fourth-order valence-electron chi connectivity index (χ4n) is 2.42. The molecule has 1 N–H and O–H groups in total. The maximum atomic E-state index is 12.4. The number of amides is 1. The van der Waals surface area contributed by atoms with Crippen LogP contribution in [0.3, 0.4) is 0 Å². The molecule has 3 rings (SSSR count). The molecule has 1 heterocycles. The van der Waals surface area contributed by atoms with Gasteiger partial charge in [-0.1, -0.05) is 40.9 Å². The maximum Gasteiger partial charge on any atom is 0.266 e. The Kier molecular flexibility index (Phi) is 6.11. The van der Waals surface area contributed by atoms with Crippen LogP contribution in [-0.2, 0) is 4.79 Å². The minimum absolute atomic E-state index is 0.111. The molecule has 0 saturated heterocycles. The summed E-state index contributed by atoms with van der Waals surface area (Å²) in [6, 6.07) is 15.4. The van der Waals surface area contributed by atoms with E-state index in [4.69, 9.17) is 39.2 Å². The molecule has 3 aromatic rings. The van der Waals surface area contributed by atoms with Gasteiger partial charge in [-0.2, -0.15) is 5.26 Å². The molecule has 7 heteroatoms. The predicted molar refractivity (Wildman–Crippen MR) is 113 cm³/mol. The Bertz CT molecular complexity index is 1130. The molecule has 0 fully saturated rings. The summed E-state index contributed by atoms with van der Waals surface area (Å²) in [5.41, 5.74) is 1.93. The zero-order valence-corrected chi connectivity index (χ0v) is 16.9. The molecular formula is C21H13Cl3N2O2. The van der Waals surface area contributed by atoms with Crippen LogP contribution in [0.15, 0.2) is 58.5 Å². The highest BCUT2D eigenvalue weighted by Crippen LogP contribution is 2.32. The Hall–Kier alpha value is -2.71. The molecule has 140 valence electrons. The van der Waals surface area contributed by atoms with Crippen LogP contribution in [0.2, 0.25) is 15.1 Å². The third-order valence-electron chi connectivity index (χ3n) is 3.90.